The van der Waals surface area contributed by atoms with E-state index in [1.165, 1.54) is 23.5 Å². The number of nitrogens with zero attached hydrogens (tertiary/aromatic N) is 5. The fourth-order valence-corrected chi connectivity index (χ4v) is 3.71. The molecule has 1 aromatic carbocycles. The van der Waals surface area contributed by atoms with E-state index in [-0.39, 0.29) is 11.4 Å². The zero-order valence-corrected chi connectivity index (χ0v) is 15.0. The summed E-state index contributed by atoms with van der Waals surface area (Å²) in [6.07, 6.45) is 3.18. The van der Waals surface area contributed by atoms with Gasteiger partial charge in [0.15, 0.2) is 10.3 Å². The number of carbonyl (C=O) groups excluding carboxylic acids is 1. The van der Waals surface area contributed by atoms with E-state index in [2.05, 4.69) is 30.6 Å². The molecule has 0 saturated carbocycles. The lowest BCUT2D eigenvalue weighted by atomic mass is 10.3. The lowest BCUT2D eigenvalue weighted by molar-refractivity contribution is -0.384. The summed E-state index contributed by atoms with van der Waals surface area (Å²) in [6.45, 7) is 0. The molecular formula is C15H9N7O3S2. The van der Waals surface area contributed by atoms with Crippen molar-refractivity contribution in [2.75, 3.05) is 10.6 Å². The third-order valence-corrected chi connectivity index (χ3v) is 5.02. The molecule has 0 aliphatic carbocycles. The summed E-state index contributed by atoms with van der Waals surface area (Å²) in [5, 5.41) is 18.8. The highest BCUT2D eigenvalue weighted by atomic mass is 32.1. The molecule has 0 spiro atoms. The molecule has 1 amide bonds. The lowest BCUT2D eigenvalue weighted by Crippen LogP contribution is -2.12. The highest BCUT2D eigenvalue weighted by Crippen LogP contribution is 2.29. The van der Waals surface area contributed by atoms with E-state index in [9.17, 15) is 14.9 Å². The number of nitrogens with one attached hydrogen (secondary N) is 2. The Labute approximate surface area is 159 Å². The topological polar surface area (TPSA) is 136 Å². The number of anilines is 3. The van der Waals surface area contributed by atoms with Gasteiger partial charge < -0.3 is 5.32 Å². The minimum absolute atomic E-state index is 0.0256. The second kappa shape index (κ2) is 7.01. The number of aromatic nitrogens is 4. The first kappa shape index (κ1) is 16.9. The summed E-state index contributed by atoms with van der Waals surface area (Å²) in [4.78, 5) is 39.2. The highest BCUT2D eigenvalue weighted by Gasteiger charge is 2.15. The molecule has 3 heterocycles. The summed E-state index contributed by atoms with van der Waals surface area (Å²) in [5.74, 6) is -0.0478. The third-order valence-electron chi connectivity index (χ3n) is 3.32. The Morgan fingerprint density at radius 2 is 1.96 bits per heavy atom. The van der Waals surface area contributed by atoms with Crippen LogP contribution in [-0.4, -0.2) is 30.8 Å². The summed E-state index contributed by atoms with van der Waals surface area (Å²) < 4.78 is 0.612. The number of amides is 1. The van der Waals surface area contributed by atoms with Gasteiger partial charge in [0.2, 0.25) is 5.95 Å². The van der Waals surface area contributed by atoms with Crippen molar-refractivity contribution < 1.29 is 9.72 Å². The van der Waals surface area contributed by atoms with Crippen LogP contribution in [0.2, 0.25) is 0 Å². The zero-order chi connectivity index (χ0) is 18.8. The SMILES string of the molecule is O=C(Nc1nc2ccc([N+](=O)[O-])cc2s1)c1csc(Nc2ncccn2)n1. The molecule has 4 aromatic rings. The number of benzene rings is 1. The third kappa shape index (κ3) is 3.70. The molecule has 10 nitrogen and oxygen atoms in total. The molecule has 2 N–H and O–H groups in total. The molecule has 0 atom stereocenters. The van der Waals surface area contributed by atoms with E-state index in [1.807, 2.05) is 0 Å². The number of thiazole rings is 2. The van der Waals surface area contributed by atoms with Crippen LogP contribution in [0.4, 0.5) is 21.9 Å². The zero-order valence-electron chi connectivity index (χ0n) is 13.3. The van der Waals surface area contributed by atoms with Crippen LogP contribution in [0.15, 0.2) is 42.0 Å². The van der Waals surface area contributed by atoms with Crippen LogP contribution in [0, 0.1) is 10.1 Å². The van der Waals surface area contributed by atoms with Gasteiger partial charge in [-0.15, -0.1) is 11.3 Å². The van der Waals surface area contributed by atoms with Crippen molar-refractivity contribution in [2.45, 2.75) is 0 Å². The van der Waals surface area contributed by atoms with Gasteiger partial charge in [-0.1, -0.05) is 11.3 Å². The van der Waals surface area contributed by atoms with E-state index in [0.717, 1.165) is 11.3 Å². The number of carbonyl (C=O) groups is 1. The van der Waals surface area contributed by atoms with Gasteiger partial charge in [0, 0.05) is 29.9 Å². The molecule has 4 rings (SSSR count). The summed E-state index contributed by atoms with van der Waals surface area (Å²) >= 11 is 2.39. The Kier molecular flexibility index (Phi) is 4.40. The Morgan fingerprint density at radius 3 is 2.74 bits per heavy atom. The molecule has 0 aliphatic rings. The monoisotopic (exact) mass is 399 g/mol. The quantitative estimate of drug-likeness (QED) is 0.385. The van der Waals surface area contributed by atoms with Crippen molar-refractivity contribution in [3.05, 3.63) is 57.8 Å². The number of rotatable bonds is 5. The van der Waals surface area contributed by atoms with E-state index >= 15 is 0 Å². The van der Waals surface area contributed by atoms with Gasteiger partial charge in [-0.2, -0.15) is 0 Å². The van der Waals surface area contributed by atoms with Crippen molar-refractivity contribution in [3.8, 4) is 0 Å². The van der Waals surface area contributed by atoms with Crippen LogP contribution >= 0.6 is 22.7 Å². The van der Waals surface area contributed by atoms with Gasteiger partial charge in [0.1, 0.15) is 5.69 Å². The van der Waals surface area contributed by atoms with Crippen molar-refractivity contribution in [3.63, 3.8) is 0 Å². The smallest absolute Gasteiger partial charge is 0.276 e. The molecule has 0 radical (unpaired) electrons. The normalized spacial score (nSPS) is 10.7. The fraction of sp³-hybridized carbons (Fsp3) is 0. The summed E-state index contributed by atoms with van der Waals surface area (Å²) in [5.41, 5.74) is 0.758. The van der Waals surface area contributed by atoms with Crippen molar-refractivity contribution in [1.29, 1.82) is 0 Å². The van der Waals surface area contributed by atoms with Gasteiger partial charge in [0.25, 0.3) is 11.6 Å². The second-order valence-electron chi connectivity index (χ2n) is 5.12. The standard InChI is InChI=1S/C15H9N7O3S2/c23-12(10-7-26-14(19-10)21-13-16-4-1-5-17-13)20-15-18-9-3-2-8(22(24)25)6-11(9)27-15/h1-7H,(H,18,20,23)(H,16,17,19,21). The Bertz CT molecular complexity index is 1140. The van der Waals surface area contributed by atoms with Crippen LogP contribution in [0.5, 0.6) is 0 Å². The van der Waals surface area contributed by atoms with Gasteiger partial charge in [0.05, 0.1) is 15.1 Å². The molecule has 3 aromatic heterocycles. The largest absolute Gasteiger partial charge is 0.300 e. The summed E-state index contributed by atoms with van der Waals surface area (Å²) in [7, 11) is 0. The fourth-order valence-electron chi connectivity index (χ4n) is 2.14. The molecular weight excluding hydrogens is 390 g/mol. The van der Waals surface area contributed by atoms with E-state index < -0.39 is 10.8 Å². The first-order valence-electron chi connectivity index (χ1n) is 7.44. The molecule has 12 heteroatoms. The van der Waals surface area contributed by atoms with Gasteiger partial charge in [-0.05, 0) is 12.1 Å². The summed E-state index contributed by atoms with van der Waals surface area (Å²) in [6, 6.07) is 6.04. The number of nitro benzene ring substituents is 1. The molecule has 0 saturated heterocycles. The minimum atomic E-state index is -0.475. The number of nitro groups is 1. The number of fused-ring (bicyclic) bond motifs is 1. The maximum absolute atomic E-state index is 12.4. The van der Waals surface area contributed by atoms with Crippen LogP contribution in [0.1, 0.15) is 10.5 Å². The van der Waals surface area contributed by atoms with Crippen molar-refractivity contribution in [1.82, 2.24) is 19.9 Å². The van der Waals surface area contributed by atoms with Crippen LogP contribution in [0.3, 0.4) is 0 Å². The molecule has 0 bridgehead atoms. The molecule has 0 fully saturated rings. The first-order chi connectivity index (χ1) is 13.1. The van der Waals surface area contributed by atoms with Crippen LogP contribution < -0.4 is 10.6 Å². The number of non-ortho nitro benzene ring substituents is 1. The van der Waals surface area contributed by atoms with Crippen molar-refractivity contribution >= 4 is 60.7 Å². The Balaban J connectivity index is 1.49. The van der Waals surface area contributed by atoms with Crippen LogP contribution in [-0.2, 0) is 0 Å². The lowest BCUT2D eigenvalue weighted by Gasteiger charge is -1.99. The van der Waals surface area contributed by atoms with E-state index in [0.29, 0.717) is 26.4 Å². The molecule has 0 aliphatic heterocycles. The minimum Gasteiger partial charge on any atom is -0.300 e. The van der Waals surface area contributed by atoms with Gasteiger partial charge >= 0.3 is 0 Å². The molecule has 27 heavy (non-hydrogen) atoms. The number of hydrogen-bond donors (Lipinski definition) is 2. The Morgan fingerprint density at radius 1 is 1.15 bits per heavy atom. The average Bonchev–Trinajstić information content (AvgIpc) is 3.28. The van der Waals surface area contributed by atoms with Crippen molar-refractivity contribution in [2.24, 2.45) is 0 Å². The molecule has 134 valence electrons. The molecule has 0 unspecified atom stereocenters. The average molecular weight is 399 g/mol. The maximum atomic E-state index is 12.4. The highest BCUT2D eigenvalue weighted by molar-refractivity contribution is 7.22. The Hall–Kier alpha value is -3.51. The first-order valence-corrected chi connectivity index (χ1v) is 9.14. The van der Waals surface area contributed by atoms with Gasteiger partial charge in [-0.25, -0.2) is 19.9 Å². The predicted molar refractivity (Wildman–Crippen MR) is 102 cm³/mol. The number of hydrogen-bond acceptors (Lipinski definition) is 10. The van der Waals surface area contributed by atoms with Gasteiger partial charge in [-0.3, -0.25) is 20.2 Å². The second-order valence-corrected chi connectivity index (χ2v) is 7.01. The van der Waals surface area contributed by atoms with Crippen LogP contribution in [0.25, 0.3) is 10.2 Å². The van der Waals surface area contributed by atoms with E-state index in [1.54, 1.807) is 29.9 Å². The predicted octanol–water partition coefficient (Wildman–Crippen LogP) is 3.45. The maximum Gasteiger partial charge on any atom is 0.276 e. The van der Waals surface area contributed by atoms with E-state index in [4.69, 9.17) is 0 Å².